The fourth-order valence-electron chi connectivity index (χ4n) is 4.08. The zero-order chi connectivity index (χ0) is 26.0. The molecule has 4 rings (SSSR count). The van der Waals surface area contributed by atoms with Crippen LogP contribution in [-0.4, -0.2) is 36.5 Å². The summed E-state index contributed by atoms with van der Waals surface area (Å²) in [7, 11) is 1.59. The van der Waals surface area contributed by atoms with Gasteiger partial charge in [-0.05, 0) is 62.2 Å². The third-order valence-electron chi connectivity index (χ3n) is 5.80. The molecule has 0 bridgehead atoms. The Morgan fingerprint density at radius 1 is 1.00 bits per heavy atom. The molecule has 2 aromatic carbocycles. The SMILES string of the molecule is CCOC(=O)c1c(NC(=O)c2c(C)c(-c3ccc(OC)cc3)nc3ccccc23)sc(C(N)=O)c1C. The van der Waals surface area contributed by atoms with E-state index in [4.69, 9.17) is 20.2 Å². The summed E-state index contributed by atoms with van der Waals surface area (Å²) in [5, 5.41) is 3.70. The molecule has 0 fully saturated rings. The molecular weight excluding hydrogens is 478 g/mol. The first kappa shape index (κ1) is 24.9. The molecule has 0 unspecified atom stereocenters. The van der Waals surface area contributed by atoms with Gasteiger partial charge in [-0.3, -0.25) is 9.59 Å². The van der Waals surface area contributed by atoms with Crippen molar-refractivity contribution >= 4 is 45.0 Å². The van der Waals surface area contributed by atoms with Crippen LogP contribution in [0.5, 0.6) is 5.75 Å². The molecule has 36 heavy (non-hydrogen) atoms. The van der Waals surface area contributed by atoms with Gasteiger partial charge in [-0.25, -0.2) is 9.78 Å². The van der Waals surface area contributed by atoms with Crippen LogP contribution in [0, 0.1) is 13.8 Å². The minimum atomic E-state index is -0.684. The number of aromatic nitrogens is 1. The number of ether oxygens (including phenoxy) is 2. The predicted octanol–water partition coefficient (Wildman–Crippen LogP) is 5.12. The standard InChI is InChI=1S/C27H25N3O5S/c1-5-35-27(33)21-15(3)23(24(28)31)36-26(21)30-25(32)20-14(2)22(16-10-12-17(34-4)13-11-16)29-19-9-7-6-8-18(19)20/h6-13H,5H2,1-4H3,(H2,28,31)(H,30,32). The molecule has 2 aromatic heterocycles. The number of nitrogens with one attached hydrogen (secondary N) is 1. The van der Waals surface area contributed by atoms with Crippen LogP contribution < -0.4 is 15.8 Å². The maximum Gasteiger partial charge on any atom is 0.341 e. The Balaban J connectivity index is 1.85. The van der Waals surface area contributed by atoms with E-state index in [9.17, 15) is 14.4 Å². The number of esters is 1. The van der Waals surface area contributed by atoms with Crippen molar-refractivity contribution in [1.82, 2.24) is 4.98 Å². The number of nitrogens with zero attached hydrogens (tertiary/aromatic N) is 1. The average Bonchev–Trinajstić information content (AvgIpc) is 3.19. The Kier molecular flexibility index (Phi) is 7.03. The van der Waals surface area contributed by atoms with Gasteiger partial charge in [0, 0.05) is 10.9 Å². The highest BCUT2D eigenvalue weighted by molar-refractivity contribution is 7.18. The van der Waals surface area contributed by atoms with Crippen molar-refractivity contribution < 1.29 is 23.9 Å². The minimum absolute atomic E-state index is 0.121. The van der Waals surface area contributed by atoms with Crippen LogP contribution in [0.2, 0.25) is 0 Å². The van der Waals surface area contributed by atoms with Crippen molar-refractivity contribution in [2.24, 2.45) is 5.73 Å². The third kappa shape index (κ3) is 4.52. The maximum absolute atomic E-state index is 13.7. The first-order valence-corrected chi connectivity index (χ1v) is 12.0. The number of thiophene rings is 1. The Morgan fingerprint density at radius 2 is 1.69 bits per heavy atom. The van der Waals surface area contributed by atoms with Crippen molar-refractivity contribution in [2.45, 2.75) is 20.8 Å². The molecule has 0 aliphatic carbocycles. The highest BCUT2D eigenvalue weighted by Gasteiger charge is 2.27. The van der Waals surface area contributed by atoms with Gasteiger partial charge in [0.1, 0.15) is 10.8 Å². The van der Waals surface area contributed by atoms with Gasteiger partial charge in [0.15, 0.2) is 0 Å². The van der Waals surface area contributed by atoms with Crippen LogP contribution in [-0.2, 0) is 4.74 Å². The molecule has 4 aromatic rings. The second kappa shape index (κ2) is 10.2. The van der Waals surface area contributed by atoms with E-state index in [2.05, 4.69) is 5.32 Å². The lowest BCUT2D eigenvalue weighted by Gasteiger charge is -2.15. The lowest BCUT2D eigenvalue weighted by atomic mass is 9.97. The van der Waals surface area contributed by atoms with Crippen LogP contribution in [0.4, 0.5) is 5.00 Å². The zero-order valence-corrected chi connectivity index (χ0v) is 21.1. The molecule has 2 heterocycles. The summed E-state index contributed by atoms with van der Waals surface area (Å²) in [5.41, 5.74) is 9.18. The van der Waals surface area contributed by atoms with Gasteiger partial charge in [0.05, 0.1) is 40.9 Å². The van der Waals surface area contributed by atoms with Crippen molar-refractivity contribution in [1.29, 1.82) is 0 Å². The molecule has 8 nitrogen and oxygen atoms in total. The summed E-state index contributed by atoms with van der Waals surface area (Å²) in [6.45, 7) is 5.26. The number of primary amides is 1. The fraction of sp³-hybridized carbons (Fsp3) is 0.185. The van der Waals surface area contributed by atoms with Crippen molar-refractivity contribution in [3.05, 3.63) is 75.7 Å². The summed E-state index contributed by atoms with van der Waals surface area (Å²) >= 11 is 0.950. The molecule has 184 valence electrons. The lowest BCUT2D eigenvalue weighted by molar-refractivity contribution is 0.0527. The molecule has 3 N–H and O–H groups in total. The molecule has 9 heteroatoms. The lowest BCUT2D eigenvalue weighted by Crippen LogP contribution is -2.17. The summed E-state index contributed by atoms with van der Waals surface area (Å²) in [4.78, 5) is 43.4. The van der Waals surface area contributed by atoms with E-state index in [0.29, 0.717) is 39.0 Å². The quantitative estimate of drug-likeness (QED) is 0.338. The number of methoxy groups -OCH3 is 1. The van der Waals surface area contributed by atoms with Gasteiger partial charge in [0.25, 0.3) is 11.8 Å². The van der Waals surface area contributed by atoms with Crippen molar-refractivity contribution in [3.8, 4) is 17.0 Å². The summed E-state index contributed by atoms with van der Waals surface area (Å²) in [6.07, 6.45) is 0. The average molecular weight is 504 g/mol. The Hall–Kier alpha value is -4.24. The molecule has 0 spiro atoms. The number of fused-ring (bicyclic) bond motifs is 1. The molecule has 0 aliphatic rings. The number of hydrogen-bond acceptors (Lipinski definition) is 7. The molecular formula is C27H25N3O5S. The second-order valence-corrected chi connectivity index (χ2v) is 9.03. The van der Waals surface area contributed by atoms with Gasteiger partial charge < -0.3 is 20.5 Å². The van der Waals surface area contributed by atoms with E-state index in [0.717, 1.165) is 16.9 Å². The first-order valence-electron chi connectivity index (χ1n) is 11.2. The monoisotopic (exact) mass is 503 g/mol. The molecule has 0 atom stereocenters. The molecule has 0 saturated heterocycles. The van der Waals surface area contributed by atoms with Gasteiger partial charge in [-0.15, -0.1) is 11.3 Å². The number of para-hydroxylation sites is 1. The zero-order valence-electron chi connectivity index (χ0n) is 20.3. The number of hydrogen-bond donors (Lipinski definition) is 2. The Labute approximate surface area is 212 Å². The molecule has 0 aliphatic heterocycles. The van der Waals surface area contributed by atoms with Gasteiger partial charge in [-0.2, -0.15) is 0 Å². The second-order valence-electron chi connectivity index (χ2n) is 8.01. The fourth-order valence-corrected chi connectivity index (χ4v) is 5.12. The maximum atomic E-state index is 13.7. The Morgan fingerprint density at radius 3 is 2.33 bits per heavy atom. The van der Waals surface area contributed by atoms with Gasteiger partial charge >= 0.3 is 5.97 Å². The van der Waals surface area contributed by atoms with Crippen LogP contribution in [0.3, 0.4) is 0 Å². The number of carbonyl (C=O) groups is 3. The van der Waals surface area contributed by atoms with Crippen LogP contribution in [0.1, 0.15) is 48.4 Å². The highest BCUT2D eigenvalue weighted by Crippen LogP contribution is 2.36. The summed E-state index contributed by atoms with van der Waals surface area (Å²) in [6, 6.07) is 14.8. The van der Waals surface area contributed by atoms with E-state index >= 15 is 0 Å². The number of anilines is 1. The van der Waals surface area contributed by atoms with Crippen molar-refractivity contribution in [2.75, 3.05) is 19.0 Å². The number of nitrogens with two attached hydrogens (primary N) is 1. The molecule has 2 amide bonds. The largest absolute Gasteiger partial charge is 0.497 e. The number of rotatable bonds is 7. The van der Waals surface area contributed by atoms with E-state index in [1.165, 1.54) is 0 Å². The van der Waals surface area contributed by atoms with E-state index in [1.54, 1.807) is 21.0 Å². The van der Waals surface area contributed by atoms with Crippen molar-refractivity contribution in [3.63, 3.8) is 0 Å². The van der Waals surface area contributed by atoms with E-state index in [-0.39, 0.29) is 22.0 Å². The Bertz CT molecular complexity index is 1490. The number of amides is 2. The van der Waals surface area contributed by atoms with E-state index in [1.807, 2.05) is 55.5 Å². The number of pyridine rings is 1. The van der Waals surface area contributed by atoms with Crippen LogP contribution in [0.25, 0.3) is 22.2 Å². The van der Waals surface area contributed by atoms with Crippen LogP contribution >= 0.6 is 11.3 Å². The first-order chi connectivity index (χ1) is 17.3. The number of carbonyl (C=O) groups excluding carboxylic acids is 3. The van der Waals surface area contributed by atoms with Gasteiger partial charge in [-0.1, -0.05) is 18.2 Å². The predicted molar refractivity (Wildman–Crippen MR) is 140 cm³/mol. The minimum Gasteiger partial charge on any atom is -0.497 e. The number of benzene rings is 2. The topological polar surface area (TPSA) is 121 Å². The summed E-state index contributed by atoms with van der Waals surface area (Å²) < 4.78 is 10.4. The molecule has 0 saturated carbocycles. The van der Waals surface area contributed by atoms with Crippen LogP contribution in [0.15, 0.2) is 48.5 Å². The van der Waals surface area contributed by atoms with E-state index < -0.39 is 17.8 Å². The smallest absolute Gasteiger partial charge is 0.341 e. The summed E-state index contributed by atoms with van der Waals surface area (Å²) in [5.74, 6) is -1.05. The normalized spacial score (nSPS) is 10.8. The third-order valence-corrected chi connectivity index (χ3v) is 7.03. The highest BCUT2D eigenvalue weighted by atomic mass is 32.1. The van der Waals surface area contributed by atoms with Gasteiger partial charge in [0.2, 0.25) is 0 Å². The molecule has 0 radical (unpaired) electrons.